The van der Waals surface area contributed by atoms with Crippen molar-refractivity contribution in [2.75, 3.05) is 45.3 Å². The minimum atomic E-state index is -0.519. The number of para-hydroxylation sites is 1. The van der Waals surface area contributed by atoms with E-state index in [-0.39, 0.29) is 16.9 Å². The highest BCUT2D eigenvalue weighted by atomic mass is 19.1. The number of rotatable bonds is 8. The number of nitrogens with zero attached hydrogens (tertiary/aromatic N) is 6. The van der Waals surface area contributed by atoms with Gasteiger partial charge in [0.15, 0.2) is 17.3 Å². The third-order valence-electron chi connectivity index (χ3n) is 7.72. The van der Waals surface area contributed by atoms with Gasteiger partial charge in [-0.3, -0.25) is 9.69 Å². The summed E-state index contributed by atoms with van der Waals surface area (Å²) in [5, 5.41) is 13.6. The molecule has 11 heteroatoms. The molecular weight excluding hydrogens is 501 g/mol. The highest BCUT2D eigenvalue weighted by molar-refractivity contribution is 5.83. The van der Waals surface area contributed by atoms with Gasteiger partial charge in [0.2, 0.25) is 0 Å². The molecule has 1 aliphatic rings. The zero-order valence-electron chi connectivity index (χ0n) is 22.9. The minimum absolute atomic E-state index is 0.236. The molecule has 4 aromatic rings. The van der Waals surface area contributed by atoms with Gasteiger partial charge in [-0.2, -0.15) is 0 Å². The Labute approximate surface area is 226 Å². The van der Waals surface area contributed by atoms with Crippen molar-refractivity contribution in [2.24, 2.45) is 0 Å². The number of anilines is 1. The largest absolute Gasteiger partial charge is 0.493 e. The Kier molecular flexibility index (Phi) is 7.26. The van der Waals surface area contributed by atoms with Crippen molar-refractivity contribution < 1.29 is 13.9 Å². The average Bonchev–Trinajstić information content (AvgIpc) is 3.44. The molecule has 0 aliphatic carbocycles. The number of ether oxygens (including phenoxy) is 2. The van der Waals surface area contributed by atoms with E-state index < -0.39 is 6.04 Å². The molecule has 0 saturated carbocycles. The van der Waals surface area contributed by atoms with Crippen LogP contribution in [0.5, 0.6) is 11.5 Å². The van der Waals surface area contributed by atoms with Gasteiger partial charge >= 0.3 is 0 Å². The van der Waals surface area contributed by atoms with Crippen LogP contribution in [-0.4, -0.2) is 70.5 Å². The lowest BCUT2D eigenvalue weighted by Crippen LogP contribution is -2.49. The van der Waals surface area contributed by atoms with E-state index in [4.69, 9.17) is 9.47 Å². The summed E-state index contributed by atoms with van der Waals surface area (Å²) in [6.07, 6.45) is 0.796. The quantitative estimate of drug-likeness (QED) is 0.364. The van der Waals surface area contributed by atoms with Crippen LogP contribution in [0.15, 0.2) is 47.3 Å². The van der Waals surface area contributed by atoms with E-state index in [0.29, 0.717) is 60.3 Å². The Balaban J connectivity index is 1.60. The summed E-state index contributed by atoms with van der Waals surface area (Å²) < 4.78 is 27.3. The summed E-state index contributed by atoms with van der Waals surface area (Å²) in [6, 6.07) is 11.8. The van der Waals surface area contributed by atoms with Crippen LogP contribution in [0.4, 0.5) is 10.1 Å². The topological polar surface area (TPSA) is 101 Å². The number of halogens is 1. The van der Waals surface area contributed by atoms with Gasteiger partial charge in [-0.25, -0.2) is 9.07 Å². The van der Waals surface area contributed by atoms with Crippen LogP contribution >= 0.6 is 0 Å². The fourth-order valence-corrected chi connectivity index (χ4v) is 5.13. The fraction of sp³-hybridized carbons (Fsp3) is 0.429. The van der Waals surface area contributed by atoms with Crippen LogP contribution in [0, 0.1) is 5.82 Å². The van der Waals surface area contributed by atoms with Crippen molar-refractivity contribution in [1.29, 1.82) is 0 Å². The molecule has 39 heavy (non-hydrogen) atoms. The van der Waals surface area contributed by atoms with Crippen LogP contribution in [-0.2, 0) is 5.54 Å². The SMILES string of the molecule is CCC(C)(C)n1nnnc1[C@@H](c1cc2cc(OC)c(OC)cc2[nH]c1=O)N1CCN(c2ccccc2F)CC1. The molecule has 10 nitrogen and oxygen atoms in total. The van der Waals surface area contributed by atoms with E-state index in [1.54, 1.807) is 32.4 Å². The minimum Gasteiger partial charge on any atom is -0.493 e. The molecule has 206 valence electrons. The molecular formula is C28H34FN7O3. The van der Waals surface area contributed by atoms with Gasteiger partial charge < -0.3 is 19.4 Å². The molecule has 0 radical (unpaired) electrons. The number of piperazine rings is 1. The van der Waals surface area contributed by atoms with Gasteiger partial charge in [-0.15, -0.1) is 5.10 Å². The Morgan fingerprint density at radius 3 is 2.41 bits per heavy atom. The molecule has 1 N–H and O–H groups in total. The van der Waals surface area contributed by atoms with Gasteiger partial charge in [0.1, 0.15) is 11.9 Å². The predicted molar refractivity (Wildman–Crippen MR) is 147 cm³/mol. The molecule has 1 saturated heterocycles. The average molecular weight is 536 g/mol. The number of benzene rings is 2. The van der Waals surface area contributed by atoms with E-state index in [9.17, 15) is 9.18 Å². The molecule has 1 atom stereocenters. The first kappa shape index (κ1) is 26.6. The van der Waals surface area contributed by atoms with E-state index >= 15 is 0 Å². The van der Waals surface area contributed by atoms with Crippen molar-refractivity contribution in [1.82, 2.24) is 30.1 Å². The summed E-state index contributed by atoms with van der Waals surface area (Å²) in [5.41, 5.74) is 1.14. The zero-order chi connectivity index (χ0) is 27.7. The fourth-order valence-electron chi connectivity index (χ4n) is 5.13. The Hall–Kier alpha value is -3.99. The first-order valence-electron chi connectivity index (χ1n) is 13.1. The van der Waals surface area contributed by atoms with Gasteiger partial charge in [-0.05, 0) is 55.0 Å². The number of H-pyrrole nitrogens is 1. The smallest absolute Gasteiger partial charge is 0.253 e. The van der Waals surface area contributed by atoms with Crippen LogP contribution in [0.25, 0.3) is 10.9 Å². The summed E-state index contributed by atoms with van der Waals surface area (Å²) in [6.45, 7) is 8.57. The Morgan fingerprint density at radius 1 is 1.05 bits per heavy atom. The highest BCUT2D eigenvalue weighted by Crippen LogP contribution is 2.35. The van der Waals surface area contributed by atoms with Gasteiger partial charge in [0.25, 0.3) is 5.56 Å². The predicted octanol–water partition coefficient (Wildman–Crippen LogP) is 3.73. The third-order valence-corrected chi connectivity index (χ3v) is 7.72. The maximum Gasteiger partial charge on any atom is 0.253 e. The van der Waals surface area contributed by atoms with Crippen LogP contribution in [0.1, 0.15) is 44.6 Å². The molecule has 0 bridgehead atoms. The molecule has 1 aliphatic heterocycles. The number of nitrogens with one attached hydrogen (secondary N) is 1. The number of aromatic amines is 1. The van der Waals surface area contributed by atoms with Gasteiger partial charge in [0, 0.05) is 43.2 Å². The van der Waals surface area contributed by atoms with E-state index in [1.165, 1.54) is 6.07 Å². The number of fused-ring (bicyclic) bond motifs is 1. The van der Waals surface area contributed by atoms with Crippen molar-refractivity contribution in [2.45, 2.75) is 38.8 Å². The normalized spacial score (nSPS) is 15.5. The second-order valence-electron chi connectivity index (χ2n) is 10.3. The van der Waals surface area contributed by atoms with E-state index in [2.05, 4.69) is 46.2 Å². The van der Waals surface area contributed by atoms with Crippen molar-refractivity contribution in [3.8, 4) is 11.5 Å². The number of aromatic nitrogens is 5. The second kappa shape index (κ2) is 10.6. The maximum atomic E-state index is 14.5. The standard InChI is InChI=1S/C28H34FN7O3/c1-6-28(2,3)36-26(31-32-33-36)25(35-13-11-34(12-14-35)22-10-8-7-9-20(22)29)19-15-18-16-23(38-4)24(39-5)17-21(18)30-27(19)37/h7-10,15-17,25H,6,11-14H2,1-5H3,(H,30,37)/t25-/m1/s1. The number of hydrogen-bond donors (Lipinski definition) is 1. The highest BCUT2D eigenvalue weighted by Gasteiger charge is 2.36. The van der Waals surface area contributed by atoms with Crippen LogP contribution in [0.3, 0.4) is 0 Å². The number of tetrazole rings is 1. The second-order valence-corrected chi connectivity index (χ2v) is 10.3. The lowest BCUT2D eigenvalue weighted by molar-refractivity contribution is 0.186. The molecule has 2 aromatic heterocycles. The molecule has 0 amide bonds. The summed E-state index contributed by atoms with van der Waals surface area (Å²) >= 11 is 0. The first-order chi connectivity index (χ1) is 18.8. The molecule has 0 unspecified atom stereocenters. The molecule has 1 fully saturated rings. The Bertz CT molecular complexity index is 1530. The zero-order valence-corrected chi connectivity index (χ0v) is 22.9. The third kappa shape index (κ3) is 4.94. The molecule has 2 aromatic carbocycles. The maximum absolute atomic E-state index is 14.5. The van der Waals surface area contributed by atoms with E-state index in [0.717, 1.165) is 11.8 Å². The van der Waals surface area contributed by atoms with Gasteiger partial charge in [0.05, 0.1) is 31.0 Å². The van der Waals surface area contributed by atoms with Crippen LogP contribution < -0.4 is 19.9 Å². The monoisotopic (exact) mass is 535 g/mol. The van der Waals surface area contributed by atoms with Crippen molar-refractivity contribution in [3.05, 3.63) is 70.0 Å². The first-order valence-corrected chi connectivity index (χ1v) is 13.1. The summed E-state index contributed by atoms with van der Waals surface area (Å²) in [5.74, 6) is 1.44. The van der Waals surface area contributed by atoms with Crippen molar-refractivity contribution >= 4 is 16.6 Å². The van der Waals surface area contributed by atoms with E-state index in [1.807, 2.05) is 27.8 Å². The molecule has 3 heterocycles. The van der Waals surface area contributed by atoms with Gasteiger partial charge in [-0.1, -0.05) is 19.1 Å². The molecule has 0 spiro atoms. The number of pyridine rings is 1. The lowest BCUT2D eigenvalue weighted by Gasteiger charge is -2.40. The number of hydrogen-bond acceptors (Lipinski definition) is 8. The van der Waals surface area contributed by atoms with Crippen LogP contribution in [0.2, 0.25) is 0 Å². The lowest BCUT2D eigenvalue weighted by atomic mass is 9.98. The summed E-state index contributed by atoms with van der Waals surface area (Å²) in [7, 11) is 3.14. The van der Waals surface area contributed by atoms with Crippen molar-refractivity contribution in [3.63, 3.8) is 0 Å². The summed E-state index contributed by atoms with van der Waals surface area (Å²) in [4.78, 5) is 20.9. The number of methoxy groups -OCH3 is 2. The Morgan fingerprint density at radius 2 is 1.74 bits per heavy atom. The molecule has 5 rings (SSSR count).